The SMILES string of the molecule is COc1ccc(CNC(=O)/C(C#N)=C\c2ccc(OCc3ccc(Cl)c(Cl)c3)c(I)c2)cc1. The number of benzene rings is 3. The number of amides is 1. The number of rotatable bonds is 8. The molecule has 0 atom stereocenters. The van der Waals surface area contributed by atoms with E-state index < -0.39 is 5.91 Å². The zero-order valence-electron chi connectivity index (χ0n) is 17.6. The van der Waals surface area contributed by atoms with Gasteiger partial charge in [-0.25, -0.2) is 0 Å². The Morgan fingerprint density at radius 2 is 1.79 bits per heavy atom. The molecule has 0 fully saturated rings. The number of carbonyl (C=O) groups is 1. The first-order valence-corrected chi connectivity index (χ1v) is 11.6. The van der Waals surface area contributed by atoms with Crippen LogP contribution in [0.1, 0.15) is 16.7 Å². The molecule has 0 heterocycles. The van der Waals surface area contributed by atoms with Crippen LogP contribution in [0.3, 0.4) is 0 Å². The summed E-state index contributed by atoms with van der Waals surface area (Å²) in [5.41, 5.74) is 2.53. The normalized spacial score (nSPS) is 10.9. The van der Waals surface area contributed by atoms with Gasteiger partial charge in [0.05, 0.1) is 20.7 Å². The second kappa shape index (κ2) is 11.9. The van der Waals surface area contributed by atoms with Crippen molar-refractivity contribution in [1.82, 2.24) is 5.32 Å². The van der Waals surface area contributed by atoms with Crippen LogP contribution in [0.2, 0.25) is 10.0 Å². The number of nitriles is 1. The van der Waals surface area contributed by atoms with E-state index in [9.17, 15) is 10.1 Å². The number of methoxy groups -OCH3 is 1. The lowest BCUT2D eigenvalue weighted by atomic mass is 10.1. The Hall–Kier alpha value is -2.73. The summed E-state index contributed by atoms with van der Waals surface area (Å²) < 4.78 is 11.8. The lowest BCUT2D eigenvalue weighted by Gasteiger charge is -2.10. The van der Waals surface area contributed by atoms with Gasteiger partial charge in [0.1, 0.15) is 29.7 Å². The molecule has 8 heteroatoms. The molecule has 168 valence electrons. The summed E-state index contributed by atoms with van der Waals surface area (Å²) in [6.07, 6.45) is 1.55. The quantitative estimate of drug-likeness (QED) is 0.186. The molecule has 33 heavy (non-hydrogen) atoms. The van der Waals surface area contributed by atoms with E-state index >= 15 is 0 Å². The minimum absolute atomic E-state index is 0.0174. The van der Waals surface area contributed by atoms with Crippen molar-refractivity contribution in [2.45, 2.75) is 13.2 Å². The smallest absolute Gasteiger partial charge is 0.262 e. The molecule has 1 N–H and O–H groups in total. The maximum absolute atomic E-state index is 12.5. The van der Waals surface area contributed by atoms with Crippen LogP contribution in [-0.4, -0.2) is 13.0 Å². The van der Waals surface area contributed by atoms with Gasteiger partial charge in [-0.15, -0.1) is 0 Å². The van der Waals surface area contributed by atoms with Gasteiger partial charge in [-0.05, 0) is 81.8 Å². The third-order valence-corrected chi connectivity index (χ3v) is 6.20. The predicted octanol–water partition coefficient (Wildman–Crippen LogP) is 6.41. The average molecular weight is 593 g/mol. The van der Waals surface area contributed by atoms with E-state index in [1.807, 2.05) is 42.5 Å². The Bertz CT molecular complexity index is 1220. The molecule has 0 bridgehead atoms. The zero-order valence-corrected chi connectivity index (χ0v) is 21.2. The van der Waals surface area contributed by atoms with Crippen LogP contribution in [0.25, 0.3) is 6.08 Å². The molecule has 1 amide bonds. The van der Waals surface area contributed by atoms with Crippen LogP contribution in [0, 0.1) is 14.9 Å². The summed E-state index contributed by atoms with van der Waals surface area (Å²) in [5, 5.41) is 13.2. The standard InChI is InChI=1S/C25H19Cl2IN2O3/c1-32-20-6-2-16(3-7-20)14-30-25(31)19(13-29)10-17-5-9-24(23(28)12-17)33-15-18-4-8-21(26)22(27)11-18/h2-12H,14-15H2,1H3,(H,30,31)/b19-10-. The number of hydrogen-bond acceptors (Lipinski definition) is 4. The number of halogens is 3. The van der Waals surface area contributed by atoms with Gasteiger partial charge in [0, 0.05) is 6.54 Å². The maximum atomic E-state index is 12.5. The van der Waals surface area contributed by atoms with E-state index in [0.29, 0.717) is 28.9 Å². The molecule has 0 saturated heterocycles. The van der Waals surface area contributed by atoms with Crippen LogP contribution in [0.15, 0.2) is 66.2 Å². The highest BCUT2D eigenvalue weighted by molar-refractivity contribution is 14.1. The number of hydrogen-bond donors (Lipinski definition) is 1. The molecule has 0 unspecified atom stereocenters. The molecule has 0 saturated carbocycles. The summed E-state index contributed by atoms with van der Waals surface area (Å²) in [4.78, 5) is 12.5. The molecular weight excluding hydrogens is 574 g/mol. The fourth-order valence-electron chi connectivity index (χ4n) is 2.85. The van der Waals surface area contributed by atoms with Gasteiger partial charge in [0.2, 0.25) is 0 Å². The van der Waals surface area contributed by atoms with Crippen molar-refractivity contribution in [3.05, 3.63) is 96.5 Å². The van der Waals surface area contributed by atoms with Crippen molar-refractivity contribution < 1.29 is 14.3 Å². The largest absolute Gasteiger partial charge is 0.497 e. The van der Waals surface area contributed by atoms with Crippen LogP contribution >= 0.6 is 45.8 Å². The zero-order chi connectivity index (χ0) is 23.8. The highest BCUT2D eigenvalue weighted by atomic mass is 127. The van der Waals surface area contributed by atoms with E-state index in [4.69, 9.17) is 32.7 Å². The van der Waals surface area contributed by atoms with Gasteiger partial charge in [0.25, 0.3) is 5.91 Å². The van der Waals surface area contributed by atoms with Crippen molar-refractivity contribution in [3.8, 4) is 17.6 Å². The van der Waals surface area contributed by atoms with Gasteiger partial charge in [-0.1, -0.05) is 47.5 Å². The van der Waals surface area contributed by atoms with E-state index in [0.717, 1.165) is 26.0 Å². The molecule has 3 aromatic carbocycles. The van der Waals surface area contributed by atoms with Gasteiger partial charge >= 0.3 is 0 Å². The van der Waals surface area contributed by atoms with Crippen LogP contribution in [-0.2, 0) is 17.9 Å². The van der Waals surface area contributed by atoms with Crippen molar-refractivity contribution in [3.63, 3.8) is 0 Å². The second-order valence-electron chi connectivity index (χ2n) is 6.93. The molecule has 0 radical (unpaired) electrons. The van der Waals surface area contributed by atoms with Gasteiger partial charge < -0.3 is 14.8 Å². The predicted molar refractivity (Wildman–Crippen MR) is 138 cm³/mol. The maximum Gasteiger partial charge on any atom is 0.262 e. The van der Waals surface area contributed by atoms with E-state index in [-0.39, 0.29) is 5.57 Å². The summed E-state index contributed by atoms with van der Waals surface area (Å²) >= 11 is 14.1. The highest BCUT2D eigenvalue weighted by Gasteiger charge is 2.10. The third kappa shape index (κ3) is 7.13. The van der Waals surface area contributed by atoms with Crippen LogP contribution in [0.5, 0.6) is 11.5 Å². The third-order valence-electron chi connectivity index (χ3n) is 4.62. The first-order chi connectivity index (χ1) is 15.9. The lowest BCUT2D eigenvalue weighted by Crippen LogP contribution is -2.23. The van der Waals surface area contributed by atoms with Crippen LogP contribution < -0.4 is 14.8 Å². The average Bonchev–Trinajstić information content (AvgIpc) is 2.82. The van der Waals surface area contributed by atoms with Crippen molar-refractivity contribution >= 4 is 57.8 Å². The van der Waals surface area contributed by atoms with Gasteiger partial charge in [-0.2, -0.15) is 5.26 Å². The van der Waals surface area contributed by atoms with Crippen molar-refractivity contribution in [1.29, 1.82) is 5.26 Å². The summed E-state index contributed by atoms with van der Waals surface area (Å²) in [5.74, 6) is 0.978. The molecule has 0 aliphatic carbocycles. The minimum Gasteiger partial charge on any atom is -0.497 e. The van der Waals surface area contributed by atoms with E-state index in [1.54, 1.807) is 37.5 Å². The molecule has 3 rings (SSSR count). The van der Waals surface area contributed by atoms with Crippen molar-refractivity contribution in [2.24, 2.45) is 0 Å². The second-order valence-corrected chi connectivity index (χ2v) is 8.90. The summed E-state index contributed by atoms with van der Waals surface area (Å²) in [6, 6.07) is 20.1. The monoisotopic (exact) mass is 592 g/mol. The van der Waals surface area contributed by atoms with E-state index in [1.165, 1.54) is 0 Å². The number of ether oxygens (including phenoxy) is 2. The summed E-state index contributed by atoms with van der Waals surface area (Å²) in [7, 11) is 1.59. The van der Waals surface area contributed by atoms with Gasteiger partial charge in [-0.3, -0.25) is 4.79 Å². The lowest BCUT2D eigenvalue weighted by molar-refractivity contribution is -0.117. The molecule has 0 spiro atoms. The molecular formula is C25H19Cl2IN2O3. The Morgan fingerprint density at radius 3 is 2.42 bits per heavy atom. The minimum atomic E-state index is -0.441. The topological polar surface area (TPSA) is 71.3 Å². The van der Waals surface area contributed by atoms with E-state index in [2.05, 4.69) is 27.9 Å². The highest BCUT2D eigenvalue weighted by Crippen LogP contribution is 2.26. The Morgan fingerprint density at radius 1 is 1.06 bits per heavy atom. The Balaban J connectivity index is 1.63. The van der Waals surface area contributed by atoms with Crippen LogP contribution in [0.4, 0.5) is 0 Å². The number of nitrogens with zero attached hydrogens (tertiary/aromatic N) is 1. The number of nitrogens with one attached hydrogen (secondary N) is 1. The molecule has 3 aromatic rings. The first-order valence-electron chi connectivity index (χ1n) is 9.79. The first kappa shape index (κ1) is 24.9. The Kier molecular flexibility index (Phi) is 9.01. The fourth-order valence-corrected chi connectivity index (χ4v) is 3.87. The Labute approximate surface area is 216 Å². The molecule has 0 aromatic heterocycles. The van der Waals surface area contributed by atoms with Crippen molar-refractivity contribution in [2.75, 3.05) is 7.11 Å². The molecule has 5 nitrogen and oxygen atoms in total. The molecule has 0 aliphatic heterocycles. The number of carbonyl (C=O) groups excluding carboxylic acids is 1. The van der Waals surface area contributed by atoms with Gasteiger partial charge in [0.15, 0.2) is 0 Å². The fraction of sp³-hybridized carbons (Fsp3) is 0.120. The summed E-state index contributed by atoms with van der Waals surface area (Å²) in [6.45, 7) is 0.639. The molecule has 0 aliphatic rings.